The van der Waals surface area contributed by atoms with Gasteiger partial charge in [0, 0.05) is 16.7 Å². The molecule has 2 rings (SSSR count). The average Bonchev–Trinajstić information content (AvgIpc) is 2.69. The maximum Gasteiger partial charge on any atom is 0.125 e. The third kappa shape index (κ3) is 5.63. The first-order valence-electron chi connectivity index (χ1n) is 10.4. The summed E-state index contributed by atoms with van der Waals surface area (Å²) in [5, 5.41) is 32.3. The Bertz CT molecular complexity index is 892. The number of hydrogen-bond acceptors (Lipinski definition) is 6. The van der Waals surface area contributed by atoms with Crippen molar-refractivity contribution < 1.29 is 29.5 Å². The quantitative estimate of drug-likeness (QED) is 0.598. The zero-order chi connectivity index (χ0) is 23.6. The van der Waals surface area contributed by atoms with Gasteiger partial charge in [0.1, 0.15) is 41.8 Å². The van der Waals surface area contributed by atoms with Crippen LogP contribution in [0.15, 0.2) is 30.3 Å². The molecule has 6 nitrogen and oxygen atoms in total. The summed E-state index contributed by atoms with van der Waals surface area (Å²) < 4.78 is 16.7. The molecule has 0 bridgehead atoms. The third-order valence-electron chi connectivity index (χ3n) is 5.22. The summed E-state index contributed by atoms with van der Waals surface area (Å²) in [6.45, 7) is 11.8. The van der Waals surface area contributed by atoms with E-state index in [0.717, 1.165) is 11.3 Å². The molecular weight excluding hydrogens is 396 g/mol. The van der Waals surface area contributed by atoms with Gasteiger partial charge in [-0.25, -0.2) is 0 Å². The van der Waals surface area contributed by atoms with Crippen LogP contribution in [0.3, 0.4) is 0 Å². The minimum Gasteiger partial charge on any atom is -0.508 e. The molecule has 0 saturated heterocycles. The molecule has 6 heteroatoms. The fraction of sp³-hybridized carbons (Fsp3) is 0.520. The second-order valence-electron chi connectivity index (χ2n) is 9.76. The van der Waals surface area contributed by atoms with E-state index in [4.69, 9.17) is 14.2 Å². The van der Waals surface area contributed by atoms with Crippen molar-refractivity contribution in [1.29, 1.82) is 0 Å². The number of aliphatic hydroxyl groups is 2. The molecule has 0 fully saturated rings. The molecule has 3 N–H and O–H groups in total. The Hall–Kier alpha value is -2.44. The van der Waals surface area contributed by atoms with Gasteiger partial charge in [-0.15, -0.1) is 0 Å². The Morgan fingerprint density at radius 1 is 0.839 bits per heavy atom. The van der Waals surface area contributed by atoms with Gasteiger partial charge in [0.25, 0.3) is 0 Å². The molecular formula is C25H36O6. The lowest BCUT2D eigenvalue weighted by Gasteiger charge is -2.30. The van der Waals surface area contributed by atoms with Gasteiger partial charge in [-0.1, -0.05) is 41.5 Å². The van der Waals surface area contributed by atoms with Crippen LogP contribution in [0.5, 0.6) is 23.0 Å². The summed E-state index contributed by atoms with van der Waals surface area (Å²) >= 11 is 0. The van der Waals surface area contributed by atoms with E-state index in [-0.39, 0.29) is 17.8 Å². The fourth-order valence-electron chi connectivity index (χ4n) is 3.66. The van der Waals surface area contributed by atoms with Crippen molar-refractivity contribution in [3.05, 3.63) is 47.0 Å². The lowest BCUT2D eigenvalue weighted by molar-refractivity contribution is -0.0113. The van der Waals surface area contributed by atoms with Crippen molar-refractivity contribution in [3.8, 4) is 23.0 Å². The van der Waals surface area contributed by atoms with Crippen LogP contribution in [0.25, 0.3) is 0 Å². The summed E-state index contributed by atoms with van der Waals surface area (Å²) in [6.07, 6.45) is -2.56. The van der Waals surface area contributed by atoms with Crippen molar-refractivity contribution in [2.24, 2.45) is 0 Å². The van der Waals surface area contributed by atoms with E-state index < -0.39 is 17.6 Å². The minimum absolute atomic E-state index is 0.0423. The standard InChI is InChI=1S/C25H36O6/c1-24(2,3)16-13-15(29-7)9-11-19(16)31-14-18(27)23(28)21-20(30-8)12-10-17(26)22(21)25(4,5)6/h9-13,18,23,26-28H,14H2,1-8H3. The van der Waals surface area contributed by atoms with E-state index in [9.17, 15) is 15.3 Å². The highest BCUT2D eigenvalue weighted by Gasteiger charge is 2.32. The van der Waals surface area contributed by atoms with Crippen LogP contribution in [0.1, 0.15) is 64.3 Å². The van der Waals surface area contributed by atoms with E-state index in [1.807, 2.05) is 26.8 Å². The first-order chi connectivity index (χ1) is 14.3. The highest BCUT2D eigenvalue weighted by molar-refractivity contribution is 5.53. The minimum atomic E-state index is -1.31. The largest absolute Gasteiger partial charge is 0.508 e. The predicted molar refractivity (Wildman–Crippen MR) is 122 cm³/mol. The van der Waals surface area contributed by atoms with Crippen LogP contribution in [-0.4, -0.2) is 42.3 Å². The molecule has 0 saturated carbocycles. The molecule has 0 radical (unpaired) electrons. The third-order valence-corrected chi connectivity index (χ3v) is 5.22. The van der Waals surface area contributed by atoms with E-state index in [2.05, 4.69) is 20.8 Å². The predicted octanol–water partition coefficient (Wildman–Crippen LogP) is 4.48. The molecule has 2 aromatic rings. The van der Waals surface area contributed by atoms with Crippen molar-refractivity contribution in [2.45, 2.75) is 64.6 Å². The van der Waals surface area contributed by atoms with Crippen LogP contribution in [0, 0.1) is 0 Å². The number of aliphatic hydroxyl groups excluding tert-OH is 2. The second kappa shape index (κ2) is 9.37. The van der Waals surface area contributed by atoms with Gasteiger partial charge in [-0.2, -0.15) is 0 Å². The van der Waals surface area contributed by atoms with Gasteiger partial charge in [-0.05, 0) is 41.2 Å². The van der Waals surface area contributed by atoms with E-state index in [1.165, 1.54) is 13.2 Å². The topological polar surface area (TPSA) is 88.4 Å². The van der Waals surface area contributed by atoms with Crippen LogP contribution in [-0.2, 0) is 10.8 Å². The van der Waals surface area contributed by atoms with E-state index >= 15 is 0 Å². The summed E-state index contributed by atoms with van der Waals surface area (Å²) in [6, 6.07) is 8.62. The highest BCUT2D eigenvalue weighted by Crippen LogP contribution is 2.42. The molecule has 0 aliphatic heterocycles. The molecule has 2 atom stereocenters. The Labute approximate surface area is 185 Å². The molecule has 2 unspecified atom stereocenters. The number of ether oxygens (including phenoxy) is 3. The number of hydrogen-bond donors (Lipinski definition) is 3. The summed E-state index contributed by atoms with van der Waals surface area (Å²) in [4.78, 5) is 0. The Balaban J connectivity index is 2.35. The zero-order valence-electron chi connectivity index (χ0n) is 19.8. The molecule has 0 amide bonds. The van der Waals surface area contributed by atoms with Gasteiger partial charge >= 0.3 is 0 Å². The molecule has 172 valence electrons. The van der Waals surface area contributed by atoms with Crippen LogP contribution in [0.2, 0.25) is 0 Å². The molecule has 0 aliphatic rings. The SMILES string of the molecule is COc1ccc(OCC(O)C(O)c2c(OC)ccc(O)c2C(C)(C)C)c(C(C)(C)C)c1. The normalized spacial score (nSPS) is 14.1. The van der Waals surface area contributed by atoms with Gasteiger partial charge in [-0.3, -0.25) is 0 Å². The lowest BCUT2D eigenvalue weighted by Crippen LogP contribution is -2.29. The summed E-state index contributed by atoms with van der Waals surface area (Å²) in [7, 11) is 3.10. The number of phenols is 1. The van der Waals surface area contributed by atoms with Crippen molar-refractivity contribution >= 4 is 0 Å². The summed E-state index contributed by atoms with van der Waals surface area (Å²) in [5.74, 6) is 1.77. The maximum atomic E-state index is 11.0. The fourth-order valence-corrected chi connectivity index (χ4v) is 3.66. The average molecular weight is 433 g/mol. The number of methoxy groups -OCH3 is 2. The Kier molecular flexibility index (Phi) is 7.50. The number of phenolic OH excluding ortho intramolecular Hbond substituents is 1. The smallest absolute Gasteiger partial charge is 0.125 e. The van der Waals surface area contributed by atoms with Crippen LogP contribution in [0.4, 0.5) is 0 Å². The summed E-state index contributed by atoms with van der Waals surface area (Å²) in [5.41, 5.74) is 1.13. The second-order valence-corrected chi connectivity index (χ2v) is 9.76. The molecule has 0 aliphatic carbocycles. The number of benzene rings is 2. The maximum absolute atomic E-state index is 11.0. The van der Waals surface area contributed by atoms with Crippen LogP contribution >= 0.6 is 0 Å². The van der Waals surface area contributed by atoms with Crippen molar-refractivity contribution in [2.75, 3.05) is 20.8 Å². The first kappa shape index (κ1) is 24.8. The lowest BCUT2D eigenvalue weighted by atomic mass is 9.80. The van der Waals surface area contributed by atoms with E-state index in [1.54, 1.807) is 25.3 Å². The highest BCUT2D eigenvalue weighted by atomic mass is 16.5. The monoisotopic (exact) mass is 432 g/mol. The van der Waals surface area contributed by atoms with Crippen LogP contribution < -0.4 is 14.2 Å². The van der Waals surface area contributed by atoms with Gasteiger partial charge in [0.05, 0.1) is 14.2 Å². The van der Waals surface area contributed by atoms with Gasteiger partial charge in [0.15, 0.2) is 0 Å². The zero-order valence-corrected chi connectivity index (χ0v) is 19.8. The number of rotatable bonds is 7. The first-order valence-corrected chi connectivity index (χ1v) is 10.4. The molecule has 31 heavy (non-hydrogen) atoms. The van der Waals surface area contributed by atoms with Gasteiger partial charge in [0.2, 0.25) is 0 Å². The Morgan fingerprint density at radius 2 is 1.45 bits per heavy atom. The molecule has 0 heterocycles. The van der Waals surface area contributed by atoms with Gasteiger partial charge < -0.3 is 29.5 Å². The molecule has 0 aromatic heterocycles. The Morgan fingerprint density at radius 3 is 1.97 bits per heavy atom. The molecule has 2 aromatic carbocycles. The molecule has 0 spiro atoms. The van der Waals surface area contributed by atoms with E-state index in [0.29, 0.717) is 22.6 Å². The van der Waals surface area contributed by atoms with Crippen molar-refractivity contribution in [1.82, 2.24) is 0 Å². The van der Waals surface area contributed by atoms with Crippen molar-refractivity contribution in [3.63, 3.8) is 0 Å². The number of aromatic hydroxyl groups is 1.